The van der Waals surface area contributed by atoms with Crippen LogP contribution >= 0.6 is 0 Å². The first-order valence-corrected chi connectivity index (χ1v) is 7.06. The van der Waals surface area contributed by atoms with Crippen LogP contribution in [0.4, 0.5) is 4.39 Å². The predicted octanol–water partition coefficient (Wildman–Crippen LogP) is 4.49. The Kier molecular flexibility index (Phi) is 5.66. The molecule has 0 N–H and O–H groups in total. The summed E-state index contributed by atoms with van der Waals surface area (Å²) in [6, 6.07) is 15.6. The maximum atomic E-state index is 12.9. The molecule has 0 saturated carbocycles. The molecule has 0 aliphatic rings. The van der Waals surface area contributed by atoms with Crippen molar-refractivity contribution in [1.29, 1.82) is 0 Å². The minimum absolute atomic E-state index is 0.289. The lowest BCUT2D eigenvalue weighted by molar-refractivity contribution is -0.138. The van der Waals surface area contributed by atoms with E-state index in [1.807, 2.05) is 30.3 Å². The van der Waals surface area contributed by atoms with E-state index in [-0.39, 0.29) is 11.8 Å². The SMILES string of the molecule is CCOC(=O)C(/C=C/c1ccc(F)cc1)=C/c1ccccc1. The van der Waals surface area contributed by atoms with Crippen molar-refractivity contribution in [3.63, 3.8) is 0 Å². The van der Waals surface area contributed by atoms with Crippen LogP contribution in [0, 0.1) is 5.82 Å². The van der Waals surface area contributed by atoms with Gasteiger partial charge in [-0.25, -0.2) is 9.18 Å². The molecule has 0 saturated heterocycles. The van der Waals surface area contributed by atoms with Crippen molar-refractivity contribution >= 4 is 18.1 Å². The maximum absolute atomic E-state index is 12.9. The zero-order chi connectivity index (χ0) is 15.8. The van der Waals surface area contributed by atoms with Gasteiger partial charge in [-0.15, -0.1) is 0 Å². The summed E-state index contributed by atoms with van der Waals surface area (Å²) >= 11 is 0. The smallest absolute Gasteiger partial charge is 0.338 e. The van der Waals surface area contributed by atoms with Gasteiger partial charge in [0.05, 0.1) is 12.2 Å². The third kappa shape index (κ3) is 4.70. The first-order chi connectivity index (χ1) is 10.7. The summed E-state index contributed by atoms with van der Waals surface area (Å²) in [6.45, 7) is 2.08. The molecule has 0 bridgehead atoms. The number of esters is 1. The molecule has 0 aliphatic carbocycles. The van der Waals surface area contributed by atoms with E-state index in [1.54, 1.807) is 37.3 Å². The summed E-state index contributed by atoms with van der Waals surface area (Å²) in [5.74, 6) is -0.674. The number of ether oxygens (including phenoxy) is 1. The fraction of sp³-hybridized carbons (Fsp3) is 0.105. The Hall–Kier alpha value is -2.68. The van der Waals surface area contributed by atoms with Crippen LogP contribution < -0.4 is 0 Å². The Bertz CT molecular complexity index is 670. The van der Waals surface area contributed by atoms with Gasteiger partial charge in [0, 0.05) is 0 Å². The summed E-state index contributed by atoms with van der Waals surface area (Å²) < 4.78 is 18.0. The summed E-state index contributed by atoms with van der Waals surface area (Å²) in [6.07, 6.45) is 5.20. The lowest BCUT2D eigenvalue weighted by Crippen LogP contribution is -2.05. The molecule has 22 heavy (non-hydrogen) atoms. The average molecular weight is 296 g/mol. The molecule has 2 rings (SSSR count). The van der Waals surface area contributed by atoms with Crippen LogP contribution in [0.2, 0.25) is 0 Å². The molecule has 0 fully saturated rings. The number of halogens is 1. The average Bonchev–Trinajstić information content (AvgIpc) is 2.54. The van der Waals surface area contributed by atoms with Crippen LogP contribution in [0.3, 0.4) is 0 Å². The van der Waals surface area contributed by atoms with E-state index in [2.05, 4.69) is 0 Å². The molecule has 0 heterocycles. The maximum Gasteiger partial charge on any atom is 0.338 e. The normalized spacial score (nSPS) is 11.6. The first-order valence-electron chi connectivity index (χ1n) is 7.06. The molecule has 2 aromatic rings. The zero-order valence-electron chi connectivity index (χ0n) is 12.3. The number of benzene rings is 2. The van der Waals surface area contributed by atoms with E-state index >= 15 is 0 Å². The minimum Gasteiger partial charge on any atom is -0.462 e. The molecule has 0 radical (unpaired) electrons. The minimum atomic E-state index is -0.385. The van der Waals surface area contributed by atoms with Gasteiger partial charge in [-0.05, 0) is 42.3 Å². The number of hydrogen-bond acceptors (Lipinski definition) is 2. The lowest BCUT2D eigenvalue weighted by atomic mass is 10.1. The molecular weight excluding hydrogens is 279 g/mol. The highest BCUT2D eigenvalue weighted by Crippen LogP contribution is 2.12. The molecular formula is C19H17FO2. The Balaban J connectivity index is 2.26. The largest absolute Gasteiger partial charge is 0.462 e. The first kappa shape index (κ1) is 15.7. The Morgan fingerprint density at radius 3 is 2.36 bits per heavy atom. The van der Waals surface area contributed by atoms with Gasteiger partial charge in [-0.1, -0.05) is 48.5 Å². The van der Waals surface area contributed by atoms with Crippen molar-refractivity contribution in [2.75, 3.05) is 6.61 Å². The van der Waals surface area contributed by atoms with Gasteiger partial charge in [-0.3, -0.25) is 0 Å². The highest BCUT2D eigenvalue weighted by molar-refractivity contribution is 5.97. The van der Waals surface area contributed by atoms with Crippen molar-refractivity contribution in [1.82, 2.24) is 0 Å². The Morgan fingerprint density at radius 1 is 1.05 bits per heavy atom. The van der Waals surface area contributed by atoms with Crippen LogP contribution in [0.5, 0.6) is 0 Å². The van der Waals surface area contributed by atoms with Crippen molar-refractivity contribution in [2.24, 2.45) is 0 Å². The molecule has 3 heteroatoms. The van der Waals surface area contributed by atoms with Crippen LogP contribution in [-0.4, -0.2) is 12.6 Å². The molecule has 112 valence electrons. The summed E-state index contributed by atoms with van der Waals surface area (Å²) in [5.41, 5.74) is 2.16. The molecule has 0 atom stereocenters. The molecule has 0 unspecified atom stereocenters. The number of hydrogen-bond donors (Lipinski definition) is 0. The standard InChI is InChI=1S/C19H17FO2/c1-2-22-19(21)17(14-16-6-4-3-5-7-16)11-8-15-9-12-18(20)13-10-15/h3-14H,2H2,1H3/b11-8+,17-14+. The third-order valence-electron chi connectivity index (χ3n) is 2.96. The second-order valence-electron chi connectivity index (χ2n) is 4.62. The van der Waals surface area contributed by atoms with Gasteiger partial charge in [0.25, 0.3) is 0 Å². The fourth-order valence-corrected chi connectivity index (χ4v) is 1.88. The van der Waals surface area contributed by atoms with E-state index in [0.717, 1.165) is 11.1 Å². The Morgan fingerprint density at radius 2 is 1.73 bits per heavy atom. The van der Waals surface area contributed by atoms with Crippen LogP contribution in [0.1, 0.15) is 18.1 Å². The second-order valence-corrected chi connectivity index (χ2v) is 4.62. The van der Waals surface area contributed by atoms with Crippen molar-refractivity contribution in [3.8, 4) is 0 Å². The van der Waals surface area contributed by atoms with Crippen LogP contribution in [0.15, 0.2) is 66.2 Å². The Labute approximate surface area is 129 Å². The molecule has 2 aromatic carbocycles. The van der Waals surface area contributed by atoms with E-state index < -0.39 is 0 Å². The van der Waals surface area contributed by atoms with Gasteiger partial charge in [0.1, 0.15) is 5.82 Å². The van der Waals surface area contributed by atoms with E-state index in [9.17, 15) is 9.18 Å². The lowest BCUT2D eigenvalue weighted by Gasteiger charge is -2.03. The quantitative estimate of drug-likeness (QED) is 0.462. The van der Waals surface area contributed by atoms with E-state index in [1.165, 1.54) is 12.1 Å². The van der Waals surface area contributed by atoms with Gasteiger partial charge >= 0.3 is 5.97 Å². The van der Waals surface area contributed by atoms with Crippen LogP contribution in [-0.2, 0) is 9.53 Å². The number of carbonyl (C=O) groups is 1. The summed E-state index contributed by atoms with van der Waals surface area (Å²) in [4.78, 5) is 12.0. The highest BCUT2D eigenvalue weighted by Gasteiger charge is 2.07. The fourth-order valence-electron chi connectivity index (χ4n) is 1.88. The number of carbonyl (C=O) groups excluding carboxylic acids is 1. The van der Waals surface area contributed by atoms with E-state index in [4.69, 9.17) is 4.74 Å². The van der Waals surface area contributed by atoms with Crippen molar-refractivity contribution in [2.45, 2.75) is 6.92 Å². The van der Waals surface area contributed by atoms with Crippen molar-refractivity contribution < 1.29 is 13.9 Å². The monoisotopic (exact) mass is 296 g/mol. The molecule has 0 aliphatic heterocycles. The zero-order valence-corrected chi connectivity index (χ0v) is 12.3. The molecule has 0 spiro atoms. The van der Waals surface area contributed by atoms with Crippen LogP contribution in [0.25, 0.3) is 12.2 Å². The number of rotatable bonds is 5. The summed E-state index contributed by atoms with van der Waals surface area (Å²) in [7, 11) is 0. The third-order valence-corrected chi connectivity index (χ3v) is 2.96. The molecule has 0 amide bonds. The summed E-state index contributed by atoms with van der Waals surface area (Å²) in [5, 5.41) is 0. The predicted molar refractivity (Wildman–Crippen MR) is 86.5 cm³/mol. The van der Waals surface area contributed by atoms with Crippen molar-refractivity contribution in [3.05, 3.63) is 83.2 Å². The molecule has 2 nitrogen and oxygen atoms in total. The topological polar surface area (TPSA) is 26.3 Å². The molecule has 0 aromatic heterocycles. The van der Waals surface area contributed by atoms with Gasteiger partial charge in [0.2, 0.25) is 0 Å². The van der Waals surface area contributed by atoms with Gasteiger partial charge in [0.15, 0.2) is 0 Å². The highest BCUT2D eigenvalue weighted by atomic mass is 19.1. The van der Waals surface area contributed by atoms with Gasteiger partial charge in [-0.2, -0.15) is 0 Å². The van der Waals surface area contributed by atoms with Gasteiger partial charge < -0.3 is 4.74 Å². The van der Waals surface area contributed by atoms with E-state index in [0.29, 0.717) is 12.2 Å². The second kappa shape index (κ2) is 7.93.